The monoisotopic (exact) mass is 218 g/mol. The number of rotatable bonds is 3. The first-order valence-electron chi connectivity index (χ1n) is 5.35. The molecule has 0 fully saturated rings. The Labute approximate surface area is 94.4 Å². The van der Waals surface area contributed by atoms with Gasteiger partial charge in [-0.25, -0.2) is 4.79 Å². The molecule has 0 spiro atoms. The van der Waals surface area contributed by atoms with E-state index < -0.39 is 12.2 Å². The fourth-order valence-electron chi connectivity index (χ4n) is 1.76. The van der Waals surface area contributed by atoms with E-state index in [9.17, 15) is 9.90 Å². The molecule has 2 rings (SSSR count). The van der Waals surface area contributed by atoms with Gasteiger partial charge in [-0.1, -0.05) is 36.4 Å². The molecule has 0 saturated carbocycles. The molecule has 0 amide bonds. The van der Waals surface area contributed by atoms with E-state index in [1.807, 2.05) is 30.3 Å². The van der Waals surface area contributed by atoms with E-state index >= 15 is 0 Å². The van der Waals surface area contributed by atoms with Crippen LogP contribution in [-0.2, 0) is 16.0 Å². The van der Waals surface area contributed by atoms with Crippen LogP contribution in [0.25, 0.3) is 0 Å². The summed E-state index contributed by atoms with van der Waals surface area (Å²) in [7, 11) is 0. The highest BCUT2D eigenvalue weighted by atomic mass is 16.6. The molecule has 0 radical (unpaired) electrons. The third-order valence-electron chi connectivity index (χ3n) is 2.61. The highest BCUT2D eigenvalue weighted by Gasteiger charge is 2.24. The van der Waals surface area contributed by atoms with Crippen LogP contribution in [-0.4, -0.2) is 23.3 Å². The lowest BCUT2D eigenvalue weighted by atomic mass is 10.0. The van der Waals surface area contributed by atoms with Crippen LogP contribution in [0, 0.1) is 0 Å². The summed E-state index contributed by atoms with van der Waals surface area (Å²) in [4.78, 5) is 11.0. The van der Waals surface area contributed by atoms with Crippen molar-refractivity contribution >= 4 is 5.97 Å². The van der Waals surface area contributed by atoms with Crippen molar-refractivity contribution in [3.63, 3.8) is 0 Å². The van der Waals surface area contributed by atoms with Gasteiger partial charge in [-0.3, -0.25) is 0 Å². The van der Waals surface area contributed by atoms with Gasteiger partial charge >= 0.3 is 5.97 Å². The number of cyclic esters (lactones) is 1. The Kier molecular flexibility index (Phi) is 3.37. The van der Waals surface area contributed by atoms with E-state index in [0.717, 1.165) is 5.56 Å². The molecule has 0 saturated heterocycles. The summed E-state index contributed by atoms with van der Waals surface area (Å²) in [6.07, 6.45) is 3.16. The summed E-state index contributed by atoms with van der Waals surface area (Å²) in [5.74, 6) is -0.372. The van der Waals surface area contributed by atoms with Gasteiger partial charge in [0, 0.05) is 18.9 Å². The molecule has 0 aromatic heterocycles. The number of ether oxygens (including phenoxy) is 1. The largest absolute Gasteiger partial charge is 0.456 e. The minimum atomic E-state index is -0.642. The van der Waals surface area contributed by atoms with Gasteiger partial charge in [-0.05, 0) is 5.56 Å². The minimum Gasteiger partial charge on any atom is -0.456 e. The van der Waals surface area contributed by atoms with Crippen molar-refractivity contribution in [1.29, 1.82) is 0 Å². The quantitative estimate of drug-likeness (QED) is 0.781. The van der Waals surface area contributed by atoms with Crippen molar-refractivity contribution in [3.8, 4) is 0 Å². The van der Waals surface area contributed by atoms with E-state index in [1.165, 1.54) is 6.08 Å². The molecule has 0 aliphatic carbocycles. The van der Waals surface area contributed by atoms with Crippen LogP contribution in [0.1, 0.15) is 12.0 Å². The Morgan fingerprint density at radius 2 is 2.12 bits per heavy atom. The average molecular weight is 218 g/mol. The Balaban J connectivity index is 1.96. The molecular weight excluding hydrogens is 204 g/mol. The number of hydrogen-bond donors (Lipinski definition) is 1. The highest BCUT2D eigenvalue weighted by Crippen LogP contribution is 2.15. The van der Waals surface area contributed by atoms with Gasteiger partial charge in [0.2, 0.25) is 0 Å². The number of esters is 1. The van der Waals surface area contributed by atoms with Crippen LogP contribution in [0.4, 0.5) is 0 Å². The summed E-state index contributed by atoms with van der Waals surface area (Å²) >= 11 is 0. The lowest BCUT2D eigenvalue weighted by Gasteiger charge is -2.23. The lowest BCUT2D eigenvalue weighted by molar-refractivity contribution is -0.150. The van der Waals surface area contributed by atoms with Crippen LogP contribution in [0.15, 0.2) is 42.5 Å². The number of hydrogen-bond acceptors (Lipinski definition) is 3. The third-order valence-corrected chi connectivity index (χ3v) is 2.61. The second-order valence-corrected chi connectivity index (χ2v) is 3.87. The van der Waals surface area contributed by atoms with Gasteiger partial charge in [0.15, 0.2) is 0 Å². The molecule has 16 heavy (non-hydrogen) atoms. The number of aliphatic hydroxyl groups excluding tert-OH is 1. The highest BCUT2D eigenvalue weighted by molar-refractivity contribution is 5.82. The van der Waals surface area contributed by atoms with Gasteiger partial charge in [-0.15, -0.1) is 0 Å². The van der Waals surface area contributed by atoms with Crippen LogP contribution < -0.4 is 0 Å². The zero-order valence-electron chi connectivity index (χ0n) is 8.87. The van der Waals surface area contributed by atoms with Crippen LogP contribution >= 0.6 is 0 Å². The molecule has 0 bridgehead atoms. The normalized spacial score (nSPS) is 21.6. The van der Waals surface area contributed by atoms with Crippen molar-refractivity contribution in [2.24, 2.45) is 0 Å². The maximum Gasteiger partial charge on any atom is 0.330 e. The fourth-order valence-corrected chi connectivity index (χ4v) is 1.76. The summed E-state index contributed by atoms with van der Waals surface area (Å²) in [6.45, 7) is 0. The van der Waals surface area contributed by atoms with Crippen LogP contribution in [0.5, 0.6) is 0 Å². The lowest BCUT2D eigenvalue weighted by Crippen LogP contribution is -2.34. The SMILES string of the molecule is O=C1C=CC[C@H]([C@H](O)Cc2ccccc2)O1. The van der Waals surface area contributed by atoms with Gasteiger partial charge in [0.25, 0.3) is 0 Å². The van der Waals surface area contributed by atoms with Crippen LogP contribution in [0.2, 0.25) is 0 Å². The summed E-state index contributed by atoms with van der Waals surface area (Å²) in [5.41, 5.74) is 1.04. The summed E-state index contributed by atoms with van der Waals surface area (Å²) in [5, 5.41) is 9.93. The zero-order chi connectivity index (χ0) is 11.4. The molecule has 0 unspecified atom stereocenters. The molecule has 84 valence electrons. The maximum absolute atomic E-state index is 11.0. The summed E-state index contributed by atoms with van der Waals surface area (Å²) < 4.78 is 5.04. The first kappa shape index (κ1) is 10.9. The van der Waals surface area contributed by atoms with Crippen molar-refractivity contribution in [3.05, 3.63) is 48.0 Å². The Morgan fingerprint density at radius 1 is 1.38 bits per heavy atom. The van der Waals surface area contributed by atoms with E-state index in [-0.39, 0.29) is 5.97 Å². The molecule has 1 aliphatic rings. The van der Waals surface area contributed by atoms with E-state index in [2.05, 4.69) is 0 Å². The molecule has 1 aromatic carbocycles. The Morgan fingerprint density at radius 3 is 2.81 bits per heavy atom. The van der Waals surface area contributed by atoms with Gasteiger partial charge < -0.3 is 9.84 Å². The maximum atomic E-state index is 11.0. The molecule has 1 aliphatic heterocycles. The molecule has 1 N–H and O–H groups in total. The molecular formula is C13H14O3. The zero-order valence-corrected chi connectivity index (χ0v) is 8.87. The average Bonchev–Trinajstić information content (AvgIpc) is 2.30. The fraction of sp³-hybridized carbons (Fsp3) is 0.308. The third kappa shape index (κ3) is 2.70. The molecule has 3 heteroatoms. The molecule has 1 heterocycles. The number of carbonyl (C=O) groups is 1. The van der Waals surface area contributed by atoms with E-state index in [0.29, 0.717) is 12.8 Å². The predicted molar refractivity (Wildman–Crippen MR) is 59.8 cm³/mol. The van der Waals surface area contributed by atoms with E-state index in [1.54, 1.807) is 6.08 Å². The predicted octanol–water partition coefficient (Wildman–Crippen LogP) is 1.46. The Hall–Kier alpha value is -1.61. The molecule has 2 atom stereocenters. The first-order valence-corrected chi connectivity index (χ1v) is 5.35. The van der Waals surface area contributed by atoms with Gasteiger partial charge in [0.05, 0.1) is 6.10 Å². The van der Waals surface area contributed by atoms with Gasteiger partial charge in [-0.2, -0.15) is 0 Å². The standard InChI is InChI=1S/C13H14O3/c14-11(9-10-5-2-1-3-6-10)12-7-4-8-13(15)16-12/h1-6,8,11-12,14H,7,9H2/t11-,12-/m1/s1. The van der Waals surface area contributed by atoms with Crippen molar-refractivity contribution in [2.75, 3.05) is 0 Å². The smallest absolute Gasteiger partial charge is 0.330 e. The summed E-state index contributed by atoms with van der Waals surface area (Å²) in [6, 6.07) is 9.68. The second kappa shape index (κ2) is 4.94. The number of carbonyl (C=O) groups excluding carboxylic acids is 1. The van der Waals surface area contributed by atoms with Crippen molar-refractivity contribution < 1.29 is 14.6 Å². The van der Waals surface area contributed by atoms with Crippen molar-refractivity contribution in [2.45, 2.75) is 25.0 Å². The first-order chi connectivity index (χ1) is 7.75. The number of aliphatic hydroxyl groups is 1. The van der Waals surface area contributed by atoms with E-state index in [4.69, 9.17) is 4.74 Å². The van der Waals surface area contributed by atoms with Gasteiger partial charge in [0.1, 0.15) is 6.10 Å². The van der Waals surface area contributed by atoms with Crippen LogP contribution in [0.3, 0.4) is 0 Å². The minimum absolute atomic E-state index is 0.372. The second-order valence-electron chi connectivity index (χ2n) is 3.87. The molecule has 3 nitrogen and oxygen atoms in total. The van der Waals surface area contributed by atoms with Crippen molar-refractivity contribution in [1.82, 2.24) is 0 Å². The number of benzene rings is 1. The Bertz CT molecular complexity index is 383. The topological polar surface area (TPSA) is 46.5 Å². The molecule has 1 aromatic rings.